The lowest BCUT2D eigenvalue weighted by atomic mass is 10.1. The van der Waals surface area contributed by atoms with E-state index in [1.54, 1.807) is 30.5 Å². The first kappa shape index (κ1) is 25.5. The van der Waals surface area contributed by atoms with Crippen LogP contribution in [-0.4, -0.2) is 27.8 Å². The Morgan fingerprint density at radius 1 is 0.886 bits per heavy atom. The van der Waals surface area contributed by atoms with Crippen LogP contribution in [0.25, 0.3) is 5.69 Å². The molecule has 0 fully saturated rings. The van der Waals surface area contributed by atoms with Crippen LogP contribution >= 0.6 is 0 Å². The Hall–Kier alpha value is -4.09. The van der Waals surface area contributed by atoms with E-state index in [0.717, 1.165) is 0 Å². The first-order chi connectivity index (χ1) is 16.2. The predicted molar refractivity (Wildman–Crippen MR) is 114 cm³/mol. The van der Waals surface area contributed by atoms with Gasteiger partial charge in [0.15, 0.2) is 0 Å². The fourth-order valence-electron chi connectivity index (χ4n) is 3.37. The van der Waals surface area contributed by atoms with E-state index in [4.69, 9.17) is 0 Å². The smallest absolute Gasteiger partial charge is 0.416 e. The number of benzene rings is 2. The van der Waals surface area contributed by atoms with Crippen molar-refractivity contribution in [3.63, 3.8) is 0 Å². The molecule has 0 aliphatic rings. The second kappa shape index (κ2) is 9.28. The number of hydrogen-bond donors (Lipinski definition) is 2. The van der Waals surface area contributed by atoms with Crippen LogP contribution in [0, 0.1) is 13.8 Å². The summed E-state index contributed by atoms with van der Waals surface area (Å²) in [5.41, 5.74) is -0.0766. The third-order valence-corrected chi connectivity index (χ3v) is 4.99. The Morgan fingerprint density at radius 2 is 1.43 bits per heavy atom. The van der Waals surface area contributed by atoms with Crippen LogP contribution in [0.15, 0.2) is 53.6 Å². The molecule has 0 radical (unpaired) electrons. The van der Waals surface area contributed by atoms with Gasteiger partial charge in [-0.3, -0.25) is 4.79 Å². The van der Waals surface area contributed by atoms with Crippen molar-refractivity contribution < 1.29 is 41.0 Å². The molecule has 3 rings (SSSR count). The van der Waals surface area contributed by atoms with Crippen molar-refractivity contribution in [2.24, 2.45) is 5.10 Å². The van der Waals surface area contributed by atoms with Gasteiger partial charge in [-0.25, -0.2) is 10.2 Å². The number of hydrogen-bond acceptors (Lipinski definition) is 3. The quantitative estimate of drug-likeness (QED) is 0.274. The summed E-state index contributed by atoms with van der Waals surface area (Å²) >= 11 is 0. The summed E-state index contributed by atoms with van der Waals surface area (Å²) in [6, 6.07) is 8.11. The number of nitrogens with zero attached hydrogens (tertiary/aromatic N) is 2. The second-order valence-corrected chi connectivity index (χ2v) is 7.53. The number of carbonyl (C=O) groups is 2. The standard InChI is InChI=1S/C23H17F6N3O3/c1-12-3-4-13(2)32(12)19-9-15(5-6-18(19)21(34)35)20(33)31-30-11-14-7-16(22(24,25)26)10-17(8-14)23(27,28)29/h3-11H,1-2H3,(H,31,33)(H,34,35). The molecule has 35 heavy (non-hydrogen) atoms. The number of halogens is 6. The minimum Gasteiger partial charge on any atom is -0.478 e. The lowest BCUT2D eigenvalue weighted by molar-refractivity contribution is -0.143. The van der Waals surface area contributed by atoms with Crippen molar-refractivity contribution in [2.45, 2.75) is 26.2 Å². The third kappa shape index (κ3) is 5.70. The van der Waals surface area contributed by atoms with Crippen LogP contribution in [0.2, 0.25) is 0 Å². The molecule has 12 heteroatoms. The summed E-state index contributed by atoms with van der Waals surface area (Å²) in [5, 5.41) is 13.0. The number of amides is 1. The average Bonchev–Trinajstić information content (AvgIpc) is 3.09. The van der Waals surface area contributed by atoms with Crippen LogP contribution < -0.4 is 5.43 Å². The number of aromatic nitrogens is 1. The van der Waals surface area contributed by atoms with E-state index >= 15 is 0 Å². The highest BCUT2D eigenvalue weighted by Crippen LogP contribution is 2.36. The van der Waals surface area contributed by atoms with Gasteiger partial charge in [0.25, 0.3) is 5.91 Å². The molecule has 0 aliphatic heterocycles. The Bertz CT molecular complexity index is 1270. The number of rotatable bonds is 5. The van der Waals surface area contributed by atoms with Crippen LogP contribution in [0.5, 0.6) is 0 Å². The van der Waals surface area contributed by atoms with E-state index in [0.29, 0.717) is 29.7 Å². The van der Waals surface area contributed by atoms with Crippen LogP contribution in [0.4, 0.5) is 26.3 Å². The number of hydrazone groups is 1. The second-order valence-electron chi connectivity index (χ2n) is 7.53. The van der Waals surface area contributed by atoms with Crippen LogP contribution in [0.1, 0.15) is 48.8 Å². The van der Waals surface area contributed by atoms with E-state index < -0.39 is 40.9 Å². The van der Waals surface area contributed by atoms with Crippen molar-refractivity contribution in [1.29, 1.82) is 0 Å². The van der Waals surface area contributed by atoms with E-state index in [1.165, 1.54) is 18.2 Å². The molecule has 0 saturated heterocycles. The highest BCUT2D eigenvalue weighted by molar-refractivity contribution is 5.98. The topological polar surface area (TPSA) is 83.7 Å². The van der Waals surface area contributed by atoms with Gasteiger partial charge in [-0.2, -0.15) is 31.4 Å². The van der Waals surface area contributed by atoms with Gasteiger partial charge in [-0.1, -0.05) is 0 Å². The first-order valence-electron chi connectivity index (χ1n) is 9.84. The summed E-state index contributed by atoms with van der Waals surface area (Å²) in [5.74, 6) is -2.09. The molecule has 2 N–H and O–H groups in total. The molecule has 2 aromatic carbocycles. The number of aromatic carboxylic acids is 1. The molecule has 0 spiro atoms. The number of carboxylic acid groups (broad SMARTS) is 1. The van der Waals surface area contributed by atoms with Crippen LogP contribution in [0.3, 0.4) is 0 Å². The van der Waals surface area contributed by atoms with Crippen LogP contribution in [-0.2, 0) is 12.4 Å². The van der Waals surface area contributed by atoms with Crippen molar-refractivity contribution in [3.8, 4) is 5.69 Å². The van der Waals surface area contributed by atoms with Crippen molar-refractivity contribution in [3.05, 3.63) is 87.7 Å². The maximum atomic E-state index is 13.0. The minimum atomic E-state index is -5.02. The number of carboxylic acids is 1. The van der Waals surface area contributed by atoms with E-state index in [-0.39, 0.29) is 22.9 Å². The zero-order valence-electron chi connectivity index (χ0n) is 18.1. The zero-order valence-corrected chi connectivity index (χ0v) is 18.1. The fraction of sp³-hybridized carbons (Fsp3) is 0.174. The van der Waals surface area contributed by atoms with Crippen molar-refractivity contribution in [1.82, 2.24) is 9.99 Å². The highest BCUT2D eigenvalue weighted by Gasteiger charge is 2.36. The molecule has 0 aliphatic carbocycles. The molecular weight excluding hydrogens is 480 g/mol. The molecule has 184 valence electrons. The van der Waals surface area contributed by atoms with Gasteiger partial charge in [0.05, 0.1) is 28.6 Å². The molecule has 1 heterocycles. The Balaban J connectivity index is 1.91. The Kier molecular flexibility index (Phi) is 6.77. The van der Waals surface area contributed by atoms with Crippen molar-refractivity contribution in [2.75, 3.05) is 0 Å². The van der Waals surface area contributed by atoms with E-state index in [1.807, 2.05) is 5.43 Å². The Labute approximate surface area is 194 Å². The van der Waals surface area contributed by atoms with Gasteiger partial charge in [0, 0.05) is 17.0 Å². The molecule has 0 bridgehead atoms. The lowest BCUT2D eigenvalue weighted by Crippen LogP contribution is -2.19. The number of nitrogens with one attached hydrogen (secondary N) is 1. The zero-order chi connectivity index (χ0) is 26.1. The molecule has 3 aromatic rings. The molecule has 1 amide bonds. The summed E-state index contributed by atoms with van der Waals surface area (Å²) in [6.07, 6.45) is -9.40. The summed E-state index contributed by atoms with van der Waals surface area (Å²) < 4.78 is 79.5. The average molecular weight is 497 g/mol. The maximum Gasteiger partial charge on any atom is 0.416 e. The normalized spacial score (nSPS) is 12.2. The van der Waals surface area contributed by atoms with Gasteiger partial charge in [-0.05, 0) is 67.9 Å². The van der Waals surface area contributed by atoms with E-state index in [9.17, 15) is 41.0 Å². The molecule has 6 nitrogen and oxygen atoms in total. The Morgan fingerprint density at radius 3 is 1.91 bits per heavy atom. The summed E-state index contributed by atoms with van der Waals surface area (Å²) in [4.78, 5) is 24.2. The van der Waals surface area contributed by atoms with Gasteiger partial charge in [0.1, 0.15) is 0 Å². The highest BCUT2D eigenvalue weighted by atomic mass is 19.4. The molecule has 1 aromatic heterocycles. The van der Waals surface area contributed by atoms with Gasteiger partial charge in [0.2, 0.25) is 0 Å². The molecule has 0 unspecified atom stereocenters. The lowest BCUT2D eigenvalue weighted by Gasteiger charge is -2.14. The molecular formula is C23H17F6N3O3. The summed E-state index contributed by atoms with van der Waals surface area (Å²) in [6.45, 7) is 3.47. The maximum absolute atomic E-state index is 13.0. The summed E-state index contributed by atoms with van der Waals surface area (Å²) in [7, 11) is 0. The minimum absolute atomic E-state index is 0.0212. The van der Waals surface area contributed by atoms with E-state index in [2.05, 4.69) is 5.10 Å². The molecule has 0 atom stereocenters. The first-order valence-corrected chi connectivity index (χ1v) is 9.84. The number of aryl methyl sites for hydroxylation is 2. The van der Waals surface area contributed by atoms with Gasteiger partial charge in [-0.15, -0.1) is 0 Å². The molecule has 0 saturated carbocycles. The van der Waals surface area contributed by atoms with Gasteiger partial charge < -0.3 is 9.67 Å². The van der Waals surface area contributed by atoms with Crippen molar-refractivity contribution >= 4 is 18.1 Å². The SMILES string of the molecule is Cc1ccc(C)n1-c1cc(C(=O)NN=Cc2cc(C(F)(F)F)cc(C(F)(F)F)c2)ccc1C(=O)O. The number of carbonyl (C=O) groups excluding carboxylic acids is 1. The number of alkyl halides is 6. The fourth-order valence-corrected chi connectivity index (χ4v) is 3.37. The predicted octanol–water partition coefficient (Wildman–Crippen LogP) is 5.59. The monoisotopic (exact) mass is 497 g/mol. The third-order valence-electron chi connectivity index (χ3n) is 4.99. The largest absolute Gasteiger partial charge is 0.478 e. The van der Waals surface area contributed by atoms with Gasteiger partial charge >= 0.3 is 18.3 Å².